The minimum Gasteiger partial charge on any atom is -0.342 e. The lowest BCUT2D eigenvalue weighted by Crippen LogP contribution is -1.97. The number of rotatable bonds is 3. The van der Waals surface area contributed by atoms with Crippen LogP contribution in [0.15, 0.2) is 34.8 Å². The van der Waals surface area contributed by atoms with E-state index in [1.54, 1.807) is 11.8 Å². The van der Waals surface area contributed by atoms with Crippen molar-refractivity contribution < 1.29 is 0 Å². The Balaban J connectivity index is 2.57. The number of nitrogens with zero attached hydrogens (tertiary/aromatic N) is 1. The smallest absolute Gasteiger partial charge is 0.144 e. The Bertz CT molecular complexity index is 566. The van der Waals surface area contributed by atoms with Crippen LogP contribution in [-0.2, 0) is 5.75 Å². The van der Waals surface area contributed by atoms with Crippen molar-refractivity contribution in [3.8, 4) is 11.3 Å². The molecule has 0 fully saturated rings. The minimum absolute atomic E-state index is 0.603. The van der Waals surface area contributed by atoms with Gasteiger partial charge in [-0.1, -0.05) is 42.5 Å². The first-order valence-corrected chi connectivity index (χ1v) is 7.65. The molecule has 1 heterocycles. The number of halogens is 1. The topological polar surface area (TPSA) is 28.7 Å². The summed E-state index contributed by atoms with van der Waals surface area (Å²) < 4.78 is 1.45. The van der Waals surface area contributed by atoms with Gasteiger partial charge in [0.2, 0.25) is 0 Å². The van der Waals surface area contributed by atoms with E-state index in [-0.39, 0.29) is 0 Å². The molecule has 17 heavy (non-hydrogen) atoms. The van der Waals surface area contributed by atoms with Crippen molar-refractivity contribution in [3.63, 3.8) is 0 Å². The maximum atomic E-state index is 5.26. The van der Waals surface area contributed by atoms with Gasteiger partial charge in [-0.3, -0.25) is 0 Å². The lowest BCUT2D eigenvalue weighted by atomic mass is 10.1. The average Bonchev–Trinajstić information content (AvgIpc) is 2.35. The van der Waals surface area contributed by atoms with Gasteiger partial charge >= 0.3 is 0 Å². The quantitative estimate of drug-likeness (QED) is 0.846. The SMILES string of the molecule is CSCc1nc(=S)c(Br)c(-c2ccccc2)[nH]1. The number of thioether (sulfide) groups is 1. The zero-order valence-corrected chi connectivity index (χ0v) is 12.5. The van der Waals surface area contributed by atoms with Crippen molar-refractivity contribution in [2.45, 2.75) is 5.75 Å². The summed E-state index contributed by atoms with van der Waals surface area (Å²) in [6.07, 6.45) is 2.04. The van der Waals surface area contributed by atoms with Gasteiger partial charge in [-0.2, -0.15) is 11.8 Å². The van der Waals surface area contributed by atoms with E-state index in [0.717, 1.165) is 27.3 Å². The van der Waals surface area contributed by atoms with Crippen LogP contribution >= 0.6 is 39.9 Å². The molecule has 0 atom stereocenters. The molecule has 2 rings (SSSR count). The molecular weight excluding hydrogens is 316 g/mol. The van der Waals surface area contributed by atoms with Crippen molar-refractivity contribution in [3.05, 3.63) is 45.3 Å². The van der Waals surface area contributed by atoms with E-state index in [9.17, 15) is 0 Å². The van der Waals surface area contributed by atoms with E-state index in [4.69, 9.17) is 12.2 Å². The van der Waals surface area contributed by atoms with Crippen LogP contribution in [0, 0.1) is 4.64 Å². The Labute approximate surface area is 118 Å². The van der Waals surface area contributed by atoms with Crippen LogP contribution in [0.5, 0.6) is 0 Å². The molecule has 0 aliphatic carbocycles. The number of hydrogen-bond acceptors (Lipinski definition) is 3. The Morgan fingerprint density at radius 2 is 2.06 bits per heavy atom. The second kappa shape index (κ2) is 5.80. The maximum Gasteiger partial charge on any atom is 0.144 e. The van der Waals surface area contributed by atoms with Crippen LogP contribution in [-0.4, -0.2) is 16.2 Å². The predicted octanol–water partition coefficient (Wildman–Crippen LogP) is 4.43. The number of aromatic amines is 1. The molecule has 0 aliphatic heterocycles. The van der Waals surface area contributed by atoms with Crippen LogP contribution < -0.4 is 0 Å². The number of hydrogen-bond donors (Lipinski definition) is 1. The van der Waals surface area contributed by atoms with Crippen LogP contribution in [0.25, 0.3) is 11.3 Å². The number of H-pyrrole nitrogens is 1. The summed E-state index contributed by atoms with van der Waals surface area (Å²) in [6.45, 7) is 0. The minimum atomic E-state index is 0.603. The summed E-state index contributed by atoms with van der Waals surface area (Å²) in [5.74, 6) is 1.74. The van der Waals surface area contributed by atoms with Crippen LogP contribution in [0.3, 0.4) is 0 Å². The van der Waals surface area contributed by atoms with E-state index in [0.29, 0.717) is 4.64 Å². The van der Waals surface area contributed by atoms with Gasteiger partial charge in [0, 0.05) is 0 Å². The zero-order chi connectivity index (χ0) is 12.3. The molecule has 2 aromatic rings. The molecule has 0 saturated carbocycles. The molecule has 1 aromatic heterocycles. The third-order valence-corrected chi connectivity index (χ3v) is 4.15. The summed E-state index contributed by atoms with van der Waals surface area (Å²) in [7, 11) is 0. The Morgan fingerprint density at radius 3 is 2.71 bits per heavy atom. The highest BCUT2D eigenvalue weighted by Crippen LogP contribution is 2.27. The lowest BCUT2D eigenvalue weighted by Gasteiger charge is -2.08. The van der Waals surface area contributed by atoms with Crippen molar-refractivity contribution in [1.82, 2.24) is 9.97 Å². The number of nitrogens with one attached hydrogen (secondary N) is 1. The van der Waals surface area contributed by atoms with E-state index < -0.39 is 0 Å². The molecule has 5 heteroatoms. The van der Waals surface area contributed by atoms with Crippen molar-refractivity contribution >= 4 is 39.9 Å². The van der Waals surface area contributed by atoms with Gasteiger partial charge in [0.15, 0.2) is 0 Å². The van der Waals surface area contributed by atoms with Crippen LogP contribution in [0.4, 0.5) is 0 Å². The van der Waals surface area contributed by atoms with Gasteiger partial charge in [-0.05, 0) is 27.7 Å². The van der Waals surface area contributed by atoms with Gasteiger partial charge in [0.1, 0.15) is 10.5 Å². The molecule has 0 spiro atoms. The first-order valence-electron chi connectivity index (χ1n) is 5.05. The monoisotopic (exact) mass is 326 g/mol. The average molecular weight is 327 g/mol. The molecule has 0 radical (unpaired) electrons. The summed E-state index contributed by atoms with van der Waals surface area (Å²) in [6, 6.07) is 10.1. The molecule has 0 unspecified atom stereocenters. The predicted molar refractivity (Wildman–Crippen MR) is 79.8 cm³/mol. The van der Waals surface area contributed by atoms with Gasteiger partial charge in [-0.25, -0.2) is 4.98 Å². The summed E-state index contributed by atoms with van der Waals surface area (Å²) in [5, 5.41) is 0. The van der Waals surface area contributed by atoms with Gasteiger partial charge in [0.05, 0.1) is 15.9 Å². The summed E-state index contributed by atoms with van der Waals surface area (Å²) in [4.78, 5) is 7.67. The van der Waals surface area contributed by atoms with Gasteiger partial charge in [0.25, 0.3) is 0 Å². The molecule has 2 nitrogen and oxygen atoms in total. The molecular formula is C12H11BrN2S2. The highest BCUT2D eigenvalue weighted by molar-refractivity contribution is 9.10. The fourth-order valence-electron chi connectivity index (χ4n) is 1.51. The van der Waals surface area contributed by atoms with Crippen molar-refractivity contribution in [2.24, 2.45) is 0 Å². The Morgan fingerprint density at radius 1 is 1.35 bits per heavy atom. The van der Waals surface area contributed by atoms with Crippen LogP contribution in [0.1, 0.15) is 5.82 Å². The van der Waals surface area contributed by atoms with Crippen LogP contribution in [0.2, 0.25) is 0 Å². The normalized spacial score (nSPS) is 10.5. The molecule has 0 aliphatic rings. The van der Waals surface area contributed by atoms with E-state index in [1.165, 1.54) is 0 Å². The number of benzene rings is 1. The molecule has 0 bridgehead atoms. The third-order valence-electron chi connectivity index (χ3n) is 2.26. The van der Waals surface area contributed by atoms with Gasteiger partial charge in [-0.15, -0.1) is 0 Å². The fraction of sp³-hybridized carbons (Fsp3) is 0.167. The standard InChI is InChI=1S/C12H11BrN2S2/c1-17-7-9-14-11(10(13)12(16)15-9)8-5-3-2-4-6-8/h2-6H,7H2,1H3,(H,14,15,16). The molecule has 0 saturated heterocycles. The fourth-order valence-corrected chi connectivity index (χ4v) is 2.55. The zero-order valence-electron chi connectivity index (χ0n) is 9.24. The molecule has 88 valence electrons. The molecule has 0 amide bonds. The second-order valence-corrected chi connectivity index (χ2v) is 5.52. The van der Waals surface area contributed by atoms with E-state index >= 15 is 0 Å². The molecule has 1 N–H and O–H groups in total. The van der Waals surface area contributed by atoms with E-state index in [2.05, 4.69) is 25.9 Å². The van der Waals surface area contributed by atoms with Gasteiger partial charge < -0.3 is 4.98 Å². The summed E-state index contributed by atoms with van der Waals surface area (Å²) >= 11 is 10.5. The Kier molecular flexibility index (Phi) is 4.36. The Hall–Kier alpha value is -0.650. The largest absolute Gasteiger partial charge is 0.342 e. The van der Waals surface area contributed by atoms with Crippen molar-refractivity contribution in [1.29, 1.82) is 0 Å². The lowest BCUT2D eigenvalue weighted by molar-refractivity contribution is 1.02. The number of aromatic nitrogens is 2. The highest BCUT2D eigenvalue weighted by atomic mass is 79.9. The molecule has 1 aromatic carbocycles. The summed E-state index contributed by atoms with van der Waals surface area (Å²) in [5.41, 5.74) is 2.10. The maximum absolute atomic E-state index is 5.26. The van der Waals surface area contributed by atoms with Crippen molar-refractivity contribution in [2.75, 3.05) is 6.26 Å². The first-order chi connectivity index (χ1) is 8.22. The third kappa shape index (κ3) is 2.97. The second-order valence-electron chi connectivity index (χ2n) is 3.48. The van der Waals surface area contributed by atoms with E-state index in [1.807, 2.05) is 36.6 Å². The highest BCUT2D eigenvalue weighted by Gasteiger charge is 2.07. The first kappa shape index (κ1) is 12.8.